The molecule has 0 unspecified atom stereocenters. The zero-order valence-electron chi connectivity index (χ0n) is 20.9. The highest BCUT2D eigenvalue weighted by Crippen LogP contribution is 2.41. The zero-order valence-corrected chi connectivity index (χ0v) is 21.8. The van der Waals surface area contributed by atoms with Crippen LogP contribution in [0.1, 0.15) is 32.2 Å². The normalized spacial score (nSPS) is 11.5. The van der Waals surface area contributed by atoms with Gasteiger partial charge in [0.15, 0.2) is 22.5 Å². The minimum atomic E-state index is 0.102. The van der Waals surface area contributed by atoms with E-state index in [4.69, 9.17) is 18.6 Å². The van der Waals surface area contributed by atoms with Crippen molar-refractivity contribution in [2.45, 2.75) is 37.1 Å². The van der Waals surface area contributed by atoms with E-state index in [0.29, 0.717) is 40.3 Å². The molecule has 4 rings (SSSR count). The van der Waals surface area contributed by atoms with Gasteiger partial charge in [-0.15, -0.1) is 20.4 Å². The van der Waals surface area contributed by atoms with E-state index in [1.165, 1.54) is 17.3 Å². The number of aromatic nitrogens is 5. The van der Waals surface area contributed by atoms with Gasteiger partial charge >= 0.3 is 0 Å². The first-order valence-electron chi connectivity index (χ1n) is 11.0. The van der Waals surface area contributed by atoms with Crippen molar-refractivity contribution in [3.63, 3.8) is 0 Å². The summed E-state index contributed by atoms with van der Waals surface area (Å²) in [7, 11) is 6.63. The van der Waals surface area contributed by atoms with Gasteiger partial charge in [0.2, 0.25) is 17.5 Å². The van der Waals surface area contributed by atoms with Gasteiger partial charge in [0.25, 0.3) is 0 Å². The smallest absolute Gasteiger partial charge is 0.248 e. The van der Waals surface area contributed by atoms with Gasteiger partial charge in [0, 0.05) is 18.2 Å². The van der Waals surface area contributed by atoms with Crippen molar-refractivity contribution in [3.05, 3.63) is 47.9 Å². The Morgan fingerprint density at radius 3 is 2.09 bits per heavy atom. The molecule has 35 heavy (non-hydrogen) atoms. The Balaban J connectivity index is 1.49. The molecule has 0 N–H and O–H groups in total. The number of hydrogen-bond donors (Lipinski definition) is 0. The van der Waals surface area contributed by atoms with Gasteiger partial charge in [0.05, 0.1) is 27.1 Å². The molecule has 2 heterocycles. The van der Waals surface area contributed by atoms with Crippen LogP contribution in [-0.4, -0.2) is 46.3 Å². The molecular weight excluding hydrogens is 466 g/mol. The molecule has 0 saturated carbocycles. The summed E-state index contributed by atoms with van der Waals surface area (Å²) in [5.74, 6) is 3.61. The lowest BCUT2D eigenvalue weighted by Crippen LogP contribution is -2.10. The monoisotopic (exact) mass is 495 g/mol. The van der Waals surface area contributed by atoms with Gasteiger partial charge in [-0.25, -0.2) is 0 Å². The first-order valence-corrected chi connectivity index (χ1v) is 12.0. The molecule has 184 valence electrons. The second-order valence-electron chi connectivity index (χ2n) is 8.90. The molecule has 10 heteroatoms. The Hall–Kier alpha value is -3.53. The molecular formula is C25H29N5O4S. The maximum absolute atomic E-state index is 5.89. The molecule has 0 atom stereocenters. The van der Waals surface area contributed by atoms with E-state index in [1.807, 2.05) is 11.6 Å². The third kappa shape index (κ3) is 5.12. The van der Waals surface area contributed by atoms with E-state index in [-0.39, 0.29) is 5.41 Å². The highest BCUT2D eigenvalue weighted by atomic mass is 32.2. The summed E-state index contributed by atoms with van der Waals surface area (Å²) in [4.78, 5) is 0. The highest BCUT2D eigenvalue weighted by molar-refractivity contribution is 7.98. The quantitative estimate of drug-likeness (QED) is 0.307. The summed E-state index contributed by atoms with van der Waals surface area (Å²) in [5.41, 5.74) is 3.06. The maximum Gasteiger partial charge on any atom is 0.248 e. The highest BCUT2D eigenvalue weighted by Gasteiger charge is 2.19. The summed E-state index contributed by atoms with van der Waals surface area (Å²) >= 11 is 1.48. The van der Waals surface area contributed by atoms with Gasteiger partial charge in [-0.2, -0.15) is 0 Å². The molecule has 0 saturated heterocycles. The van der Waals surface area contributed by atoms with E-state index < -0.39 is 0 Å². The van der Waals surface area contributed by atoms with Crippen LogP contribution in [0.25, 0.3) is 22.8 Å². The average Bonchev–Trinajstić information content (AvgIpc) is 3.47. The van der Waals surface area contributed by atoms with E-state index in [1.54, 1.807) is 33.5 Å². The second-order valence-corrected chi connectivity index (χ2v) is 9.84. The molecule has 0 amide bonds. The van der Waals surface area contributed by atoms with Crippen LogP contribution >= 0.6 is 11.8 Å². The van der Waals surface area contributed by atoms with Crippen LogP contribution in [0.4, 0.5) is 0 Å². The number of methoxy groups -OCH3 is 3. The summed E-state index contributed by atoms with van der Waals surface area (Å²) in [5, 5.41) is 17.9. The summed E-state index contributed by atoms with van der Waals surface area (Å²) in [6, 6.07) is 12.0. The van der Waals surface area contributed by atoms with E-state index in [9.17, 15) is 0 Å². The zero-order chi connectivity index (χ0) is 25.2. The molecule has 0 aliphatic rings. The number of hydrogen-bond acceptors (Lipinski definition) is 9. The Morgan fingerprint density at radius 1 is 0.857 bits per heavy atom. The summed E-state index contributed by atoms with van der Waals surface area (Å²) in [6.07, 6.45) is 0. The van der Waals surface area contributed by atoms with Crippen molar-refractivity contribution in [2.75, 3.05) is 21.3 Å². The standard InChI is InChI=1S/C25H29N5O4S/c1-25(2,3)17-10-8-15(9-11-17)22-27-29-24(30(22)4)35-14-20-26-28-23(34-20)16-12-18(31-5)21(33-7)19(13-16)32-6/h8-13H,14H2,1-7H3. The van der Waals surface area contributed by atoms with Crippen molar-refractivity contribution in [1.29, 1.82) is 0 Å². The predicted molar refractivity (Wildman–Crippen MR) is 134 cm³/mol. The molecule has 4 aromatic rings. The maximum atomic E-state index is 5.89. The number of ether oxygens (including phenoxy) is 3. The fourth-order valence-electron chi connectivity index (χ4n) is 3.57. The SMILES string of the molecule is COc1cc(-c2nnc(CSc3nnc(-c4ccc(C(C)(C)C)cc4)n3C)o2)cc(OC)c1OC. The second kappa shape index (κ2) is 9.99. The molecule has 0 bridgehead atoms. The number of benzene rings is 2. The Morgan fingerprint density at radius 2 is 1.51 bits per heavy atom. The first-order chi connectivity index (χ1) is 16.7. The lowest BCUT2D eigenvalue weighted by molar-refractivity contribution is 0.324. The fourth-order valence-corrected chi connectivity index (χ4v) is 4.32. The van der Waals surface area contributed by atoms with Crippen LogP contribution in [0.5, 0.6) is 17.2 Å². The van der Waals surface area contributed by atoms with Crippen molar-refractivity contribution < 1.29 is 18.6 Å². The number of rotatable bonds is 8. The lowest BCUT2D eigenvalue weighted by Gasteiger charge is -2.19. The van der Waals surface area contributed by atoms with Gasteiger partial charge in [-0.05, 0) is 23.1 Å². The predicted octanol–water partition coefficient (Wildman–Crippen LogP) is 5.15. The Labute approximate surface area is 208 Å². The van der Waals surface area contributed by atoms with E-state index >= 15 is 0 Å². The molecule has 2 aromatic heterocycles. The summed E-state index contributed by atoms with van der Waals surface area (Å²) < 4.78 is 24.0. The Bertz CT molecular complexity index is 1280. The van der Waals surface area contributed by atoms with Crippen LogP contribution in [0.3, 0.4) is 0 Å². The Kier molecular flexibility index (Phi) is 7.02. The molecule has 0 spiro atoms. The van der Waals surface area contributed by atoms with Gasteiger partial charge in [0.1, 0.15) is 0 Å². The van der Waals surface area contributed by atoms with Gasteiger partial charge in [-0.3, -0.25) is 0 Å². The van der Waals surface area contributed by atoms with Crippen LogP contribution in [0.15, 0.2) is 46.0 Å². The molecule has 0 aliphatic heterocycles. The van der Waals surface area contributed by atoms with Crippen LogP contribution in [0, 0.1) is 0 Å². The minimum Gasteiger partial charge on any atom is -0.493 e. The molecule has 2 aromatic carbocycles. The van der Waals surface area contributed by atoms with Crippen LogP contribution < -0.4 is 14.2 Å². The third-order valence-corrected chi connectivity index (χ3v) is 6.55. The third-order valence-electron chi connectivity index (χ3n) is 5.55. The lowest BCUT2D eigenvalue weighted by atomic mass is 9.87. The number of thioether (sulfide) groups is 1. The summed E-state index contributed by atoms with van der Waals surface area (Å²) in [6.45, 7) is 6.59. The minimum absolute atomic E-state index is 0.102. The molecule has 0 aliphatic carbocycles. The van der Waals surface area contributed by atoms with Crippen molar-refractivity contribution in [1.82, 2.24) is 25.0 Å². The van der Waals surface area contributed by atoms with Crippen molar-refractivity contribution >= 4 is 11.8 Å². The molecule has 0 fully saturated rings. The van der Waals surface area contributed by atoms with Crippen molar-refractivity contribution in [2.24, 2.45) is 7.05 Å². The van der Waals surface area contributed by atoms with Crippen molar-refractivity contribution in [3.8, 4) is 40.1 Å². The number of nitrogens with zero attached hydrogens (tertiary/aromatic N) is 5. The van der Waals surface area contributed by atoms with Gasteiger partial charge in [-0.1, -0.05) is 56.8 Å². The van der Waals surface area contributed by atoms with E-state index in [2.05, 4.69) is 65.4 Å². The average molecular weight is 496 g/mol. The first kappa shape index (κ1) is 24.6. The van der Waals surface area contributed by atoms with Crippen LogP contribution in [-0.2, 0) is 18.2 Å². The fraction of sp³-hybridized carbons (Fsp3) is 0.360. The largest absolute Gasteiger partial charge is 0.493 e. The van der Waals surface area contributed by atoms with Gasteiger partial charge < -0.3 is 23.2 Å². The topological polar surface area (TPSA) is 97.3 Å². The molecule has 0 radical (unpaired) electrons. The molecule has 9 nitrogen and oxygen atoms in total. The van der Waals surface area contributed by atoms with Crippen LogP contribution in [0.2, 0.25) is 0 Å². The van der Waals surface area contributed by atoms with E-state index in [0.717, 1.165) is 16.5 Å².